The van der Waals surface area contributed by atoms with Crippen LogP contribution in [0.2, 0.25) is 0 Å². The SMILES string of the molecule is CC(C)CC(CO)NC(=O)c1ccc(Br)cc1Br. The quantitative estimate of drug-likeness (QED) is 0.825. The molecule has 2 N–H and O–H groups in total. The highest BCUT2D eigenvalue weighted by Crippen LogP contribution is 2.22. The second-order valence-corrected chi connectivity index (χ2v) is 6.38. The van der Waals surface area contributed by atoms with Gasteiger partial charge in [0.05, 0.1) is 18.2 Å². The second-order valence-electron chi connectivity index (χ2n) is 4.61. The van der Waals surface area contributed by atoms with E-state index in [2.05, 4.69) is 51.0 Å². The smallest absolute Gasteiger partial charge is 0.252 e. The van der Waals surface area contributed by atoms with E-state index < -0.39 is 0 Å². The first kappa shape index (κ1) is 15.7. The van der Waals surface area contributed by atoms with Gasteiger partial charge in [-0.15, -0.1) is 0 Å². The highest BCUT2D eigenvalue weighted by atomic mass is 79.9. The topological polar surface area (TPSA) is 49.3 Å². The summed E-state index contributed by atoms with van der Waals surface area (Å²) in [5.74, 6) is 0.255. The minimum atomic E-state index is -0.201. The van der Waals surface area contributed by atoms with E-state index in [-0.39, 0.29) is 18.6 Å². The van der Waals surface area contributed by atoms with Gasteiger partial charge in [-0.1, -0.05) is 29.8 Å². The lowest BCUT2D eigenvalue weighted by Crippen LogP contribution is -2.38. The Labute approximate surface area is 124 Å². The third-order valence-electron chi connectivity index (χ3n) is 2.49. The van der Waals surface area contributed by atoms with E-state index in [0.29, 0.717) is 11.5 Å². The summed E-state index contributed by atoms with van der Waals surface area (Å²) in [6.45, 7) is 4.08. The van der Waals surface area contributed by atoms with E-state index in [9.17, 15) is 9.90 Å². The standard InChI is InChI=1S/C13H17Br2NO2/c1-8(2)5-10(7-17)16-13(18)11-4-3-9(14)6-12(11)15/h3-4,6,8,10,17H,5,7H2,1-2H3,(H,16,18). The molecular weight excluding hydrogens is 362 g/mol. The zero-order valence-electron chi connectivity index (χ0n) is 10.4. The van der Waals surface area contributed by atoms with E-state index in [1.807, 2.05) is 12.1 Å². The van der Waals surface area contributed by atoms with Gasteiger partial charge in [0.2, 0.25) is 0 Å². The summed E-state index contributed by atoms with van der Waals surface area (Å²) in [7, 11) is 0. The monoisotopic (exact) mass is 377 g/mol. The fourth-order valence-electron chi connectivity index (χ4n) is 1.68. The number of carbonyl (C=O) groups is 1. The summed E-state index contributed by atoms with van der Waals surface area (Å²) < 4.78 is 1.64. The first-order valence-electron chi connectivity index (χ1n) is 5.80. The number of benzene rings is 1. The summed E-state index contributed by atoms with van der Waals surface area (Å²) in [5, 5.41) is 12.1. The molecule has 5 heteroatoms. The summed E-state index contributed by atoms with van der Waals surface area (Å²) in [5.41, 5.74) is 0.570. The van der Waals surface area contributed by atoms with E-state index in [1.54, 1.807) is 6.07 Å². The van der Waals surface area contributed by atoms with Crippen LogP contribution < -0.4 is 5.32 Å². The van der Waals surface area contributed by atoms with Crippen molar-refractivity contribution in [1.29, 1.82) is 0 Å². The van der Waals surface area contributed by atoms with Crippen molar-refractivity contribution in [1.82, 2.24) is 5.32 Å². The molecule has 1 unspecified atom stereocenters. The van der Waals surface area contributed by atoms with Gasteiger partial charge >= 0.3 is 0 Å². The summed E-state index contributed by atoms with van der Waals surface area (Å²) in [4.78, 5) is 12.1. The molecule has 1 aromatic carbocycles. The molecule has 0 aliphatic carbocycles. The molecule has 1 rings (SSSR count). The zero-order valence-corrected chi connectivity index (χ0v) is 13.6. The van der Waals surface area contributed by atoms with Crippen LogP contribution in [0, 0.1) is 5.92 Å². The van der Waals surface area contributed by atoms with E-state index >= 15 is 0 Å². The lowest BCUT2D eigenvalue weighted by atomic mass is 10.0. The molecule has 1 aromatic rings. The van der Waals surface area contributed by atoms with Gasteiger partial charge in [0.25, 0.3) is 5.91 Å². The molecule has 0 saturated heterocycles. The lowest BCUT2D eigenvalue weighted by Gasteiger charge is -2.18. The van der Waals surface area contributed by atoms with Gasteiger partial charge in [-0.3, -0.25) is 4.79 Å². The number of aliphatic hydroxyl groups is 1. The summed E-state index contributed by atoms with van der Waals surface area (Å²) in [6, 6.07) is 5.18. The maximum absolute atomic E-state index is 12.1. The van der Waals surface area contributed by atoms with Crippen molar-refractivity contribution in [3.05, 3.63) is 32.7 Å². The molecule has 0 fully saturated rings. The average Bonchev–Trinajstić information content (AvgIpc) is 2.27. The molecule has 3 nitrogen and oxygen atoms in total. The van der Waals surface area contributed by atoms with Crippen molar-refractivity contribution in [2.75, 3.05) is 6.61 Å². The fourth-order valence-corrected chi connectivity index (χ4v) is 2.91. The predicted octanol–water partition coefficient (Wildman–Crippen LogP) is 3.35. The van der Waals surface area contributed by atoms with Crippen molar-refractivity contribution in [2.45, 2.75) is 26.3 Å². The zero-order chi connectivity index (χ0) is 13.7. The minimum absolute atomic E-state index is 0.0436. The molecule has 0 bridgehead atoms. The highest BCUT2D eigenvalue weighted by Gasteiger charge is 2.16. The van der Waals surface area contributed by atoms with Gasteiger partial charge in [0, 0.05) is 8.95 Å². The van der Waals surface area contributed by atoms with Gasteiger partial charge in [-0.25, -0.2) is 0 Å². The van der Waals surface area contributed by atoms with Crippen LogP contribution in [-0.2, 0) is 0 Å². The third-order valence-corrected chi connectivity index (χ3v) is 3.64. The largest absolute Gasteiger partial charge is 0.394 e. The Bertz CT molecular complexity index is 421. The van der Waals surface area contributed by atoms with Crippen molar-refractivity contribution in [3.63, 3.8) is 0 Å². The van der Waals surface area contributed by atoms with Gasteiger partial charge in [-0.05, 0) is 46.5 Å². The molecule has 1 atom stereocenters. The molecule has 18 heavy (non-hydrogen) atoms. The molecule has 0 aromatic heterocycles. The molecule has 0 aliphatic rings. The number of aliphatic hydroxyl groups excluding tert-OH is 1. The van der Waals surface area contributed by atoms with E-state index in [0.717, 1.165) is 15.4 Å². The van der Waals surface area contributed by atoms with Crippen LogP contribution in [0.3, 0.4) is 0 Å². The number of carbonyl (C=O) groups excluding carboxylic acids is 1. The molecule has 1 amide bonds. The molecule has 100 valence electrons. The number of hydrogen-bond acceptors (Lipinski definition) is 2. The van der Waals surface area contributed by atoms with Crippen LogP contribution in [0.15, 0.2) is 27.1 Å². The Morgan fingerprint density at radius 2 is 2.06 bits per heavy atom. The van der Waals surface area contributed by atoms with Crippen LogP contribution in [0.1, 0.15) is 30.6 Å². The first-order valence-corrected chi connectivity index (χ1v) is 7.39. The van der Waals surface area contributed by atoms with E-state index in [1.165, 1.54) is 0 Å². The van der Waals surface area contributed by atoms with Crippen LogP contribution in [-0.4, -0.2) is 23.7 Å². The van der Waals surface area contributed by atoms with Crippen LogP contribution in [0.25, 0.3) is 0 Å². The molecule has 0 spiro atoms. The van der Waals surface area contributed by atoms with Gasteiger partial charge in [-0.2, -0.15) is 0 Å². The van der Waals surface area contributed by atoms with Crippen LogP contribution >= 0.6 is 31.9 Å². The normalized spacial score (nSPS) is 12.6. The number of rotatable bonds is 5. The average molecular weight is 379 g/mol. The molecular formula is C13H17Br2NO2. The van der Waals surface area contributed by atoms with Crippen LogP contribution in [0.4, 0.5) is 0 Å². The number of amides is 1. The summed E-state index contributed by atoms with van der Waals surface area (Å²) in [6.07, 6.45) is 0.760. The minimum Gasteiger partial charge on any atom is -0.394 e. The number of halogens is 2. The second kappa shape index (κ2) is 7.26. The molecule has 0 saturated carbocycles. The molecule has 0 heterocycles. The Kier molecular flexibility index (Phi) is 6.32. The van der Waals surface area contributed by atoms with Crippen molar-refractivity contribution >= 4 is 37.8 Å². The van der Waals surface area contributed by atoms with Gasteiger partial charge in [0.15, 0.2) is 0 Å². The van der Waals surface area contributed by atoms with E-state index in [4.69, 9.17) is 0 Å². The number of nitrogens with one attached hydrogen (secondary N) is 1. The van der Waals surface area contributed by atoms with Crippen molar-refractivity contribution < 1.29 is 9.90 Å². The maximum Gasteiger partial charge on any atom is 0.252 e. The summed E-state index contributed by atoms with van der Waals surface area (Å²) >= 11 is 6.70. The van der Waals surface area contributed by atoms with Crippen molar-refractivity contribution in [2.24, 2.45) is 5.92 Å². The van der Waals surface area contributed by atoms with Crippen LogP contribution in [0.5, 0.6) is 0 Å². The van der Waals surface area contributed by atoms with Crippen molar-refractivity contribution in [3.8, 4) is 0 Å². The Morgan fingerprint density at radius 1 is 1.39 bits per heavy atom. The fraction of sp³-hybridized carbons (Fsp3) is 0.462. The Hall–Kier alpha value is -0.390. The highest BCUT2D eigenvalue weighted by molar-refractivity contribution is 9.11. The third kappa shape index (κ3) is 4.71. The first-order chi connectivity index (χ1) is 8.43. The lowest BCUT2D eigenvalue weighted by molar-refractivity contribution is 0.0907. The predicted molar refractivity (Wildman–Crippen MR) is 79.6 cm³/mol. The Balaban J connectivity index is 2.74. The molecule has 0 aliphatic heterocycles. The van der Waals surface area contributed by atoms with Gasteiger partial charge in [0.1, 0.15) is 0 Å². The maximum atomic E-state index is 12.1. The Morgan fingerprint density at radius 3 is 2.56 bits per heavy atom. The van der Waals surface area contributed by atoms with Gasteiger partial charge < -0.3 is 10.4 Å². The molecule has 0 radical (unpaired) electrons. The number of hydrogen-bond donors (Lipinski definition) is 2.